The molecule has 1 saturated carbocycles. The van der Waals surface area contributed by atoms with E-state index in [0.717, 1.165) is 5.92 Å². The van der Waals surface area contributed by atoms with Crippen LogP contribution in [0, 0.1) is 5.92 Å². The van der Waals surface area contributed by atoms with Gasteiger partial charge < -0.3 is 5.32 Å². The van der Waals surface area contributed by atoms with Gasteiger partial charge in [0.2, 0.25) is 0 Å². The second kappa shape index (κ2) is 6.03. The molecule has 0 saturated heterocycles. The van der Waals surface area contributed by atoms with Crippen LogP contribution in [0.5, 0.6) is 0 Å². The van der Waals surface area contributed by atoms with Crippen LogP contribution in [0.4, 0.5) is 0 Å². The lowest BCUT2D eigenvalue weighted by atomic mass is 9.95. The van der Waals surface area contributed by atoms with Gasteiger partial charge in [0.05, 0.1) is 0 Å². The van der Waals surface area contributed by atoms with Gasteiger partial charge in [-0.05, 0) is 47.9 Å². The van der Waals surface area contributed by atoms with E-state index in [2.05, 4.69) is 80.8 Å². The Balaban J connectivity index is 1.74. The quantitative estimate of drug-likeness (QED) is 0.823. The molecule has 2 aromatic carbocycles. The summed E-state index contributed by atoms with van der Waals surface area (Å²) in [7, 11) is 2.08. The summed E-state index contributed by atoms with van der Waals surface area (Å²) >= 11 is 0. The molecule has 1 heteroatoms. The first kappa shape index (κ1) is 14.3. The predicted octanol–water partition coefficient (Wildman–Crippen LogP) is 4.87. The van der Waals surface area contributed by atoms with E-state index in [-0.39, 0.29) is 0 Å². The lowest BCUT2D eigenvalue weighted by Crippen LogP contribution is -2.19. The highest BCUT2D eigenvalue weighted by atomic mass is 14.9. The summed E-state index contributed by atoms with van der Waals surface area (Å²) in [4.78, 5) is 0. The molecule has 0 bridgehead atoms. The van der Waals surface area contributed by atoms with Crippen molar-refractivity contribution in [1.82, 2.24) is 5.32 Å². The van der Waals surface area contributed by atoms with Crippen LogP contribution in [-0.4, -0.2) is 7.05 Å². The van der Waals surface area contributed by atoms with Crippen molar-refractivity contribution >= 4 is 0 Å². The highest BCUT2D eigenvalue weighted by Gasteiger charge is 2.43. The highest BCUT2D eigenvalue weighted by Crippen LogP contribution is 2.53. The maximum Gasteiger partial charge on any atom is 0.0352 e. The van der Waals surface area contributed by atoms with Crippen LogP contribution in [-0.2, 0) is 0 Å². The minimum Gasteiger partial charge on any atom is -0.313 e. The molecule has 21 heavy (non-hydrogen) atoms. The number of hydrogen-bond donors (Lipinski definition) is 1. The van der Waals surface area contributed by atoms with E-state index in [1.807, 2.05) is 0 Å². The lowest BCUT2D eigenvalue weighted by molar-refractivity contribution is 0.517. The van der Waals surface area contributed by atoms with Crippen molar-refractivity contribution in [1.29, 1.82) is 0 Å². The molecule has 0 aromatic heterocycles. The van der Waals surface area contributed by atoms with E-state index in [1.165, 1.54) is 23.1 Å². The molecule has 1 nitrogen and oxygen atoms in total. The van der Waals surface area contributed by atoms with Gasteiger partial charge in [0, 0.05) is 6.04 Å². The Morgan fingerprint density at radius 2 is 1.52 bits per heavy atom. The molecule has 1 aliphatic rings. The second-order valence-electron chi connectivity index (χ2n) is 6.50. The zero-order valence-electron chi connectivity index (χ0n) is 13.2. The fourth-order valence-corrected chi connectivity index (χ4v) is 3.38. The Morgan fingerprint density at radius 1 is 0.905 bits per heavy atom. The molecule has 0 radical (unpaired) electrons. The molecule has 0 amide bonds. The fourth-order valence-electron chi connectivity index (χ4n) is 3.38. The smallest absolute Gasteiger partial charge is 0.0352 e. The zero-order chi connectivity index (χ0) is 14.8. The minimum absolute atomic E-state index is 0.469. The molecule has 1 N–H and O–H groups in total. The van der Waals surface area contributed by atoms with Gasteiger partial charge in [-0.2, -0.15) is 0 Å². The van der Waals surface area contributed by atoms with Crippen LogP contribution in [0.25, 0.3) is 0 Å². The van der Waals surface area contributed by atoms with Gasteiger partial charge in [-0.15, -0.1) is 0 Å². The molecule has 3 unspecified atom stereocenters. The summed E-state index contributed by atoms with van der Waals surface area (Å²) in [5, 5.41) is 3.53. The Labute approximate surface area is 128 Å². The molecular formula is C20H25N. The highest BCUT2D eigenvalue weighted by molar-refractivity contribution is 5.32. The normalized spacial score (nSPS) is 22.3. The van der Waals surface area contributed by atoms with E-state index < -0.39 is 0 Å². The summed E-state index contributed by atoms with van der Waals surface area (Å²) in [5.74, 6) is 2.04. The van der Waals surface area contributed by atoms with E-state index in [0.29, 0.717) is 17.9 Å². The summed E-state index contributed by atoms with van der Waals surface area (Å²) < 4.78 is 0. The van der Waals surface area contributed by atoms with Gasteiger partial charge in [0.25, 0.3) is 0 Å². The molecule has 1 fully saturated rings. The molecule has 1 aliphatic carbocycles. The SMILES string of the molecule is CNC(c1ccc(C(C)C)cc1)C1CC1c1ccccc1. The summed E-state index contributed by atoms with van der Waals surface area (Å²) in [6.07, 6.45) is 1.29. The van der Waals surface area contributed by atoms with Gasteiger partial charge in [-0.25, -0.2) is 0 Å². The van der Waals surface area contributed by atoms with Crippen LogP contribution < -0.4 is 5.32 Å². The molecule has 110 valence electrons. The molecule has 3 rings (SSSR count). The summed E-state index contributed by atoms with van der Waals surface area (Å²) in [6.45, 7) is 4.49. The van der Waals surface area contributed by atoms with Crippen molar-refractivity contribution in [3.8, 4) is 0 Å². The van der Waals surface area contributed by atoms with Crippen molar-refractivity contribution in [2.45, 2.75) is 38.1 Å². The van der Waals surface area contributed by atoms with E-state index in [1.54, 1.807) is 0 Å². The topological polar surface area (TPSA) is 12.0 Å². The molecule has 0 aliphatic heterocycles. The van der Waals surface area contributed by atoms with Gasteiger partial charge >= 0.3 is 0 Å². The number of hydrogen-bond acceptors (Lipinski definition) is 1. The first-order valence-electron chi connectivity index (χ1n) is 8.02. The van der Waals surface area contributed by atoms with Gasteiger partial charge in [-0.3, -0.25) is 0 Å². The van der Waals surface area contributed by atoms with E-state index in [4.69, 9.17) is 0 Å². The van der Waals surface area contributed by atoms with Crippen LogP contribution in [0.15, 0.2) is 54.6 Å². The van der Waals surface area contributed by atoms with Crippen molar-refractivity contribution in [2.75, 3.05) is 7.05 Å². The van der Waals surface area contributed by atoms with Crippen LogP contribution in [0.2, 0.25) is 0 Å². The van der Waals surface area contributed by atoms with Gasteiger partial charge in [-0.1, -0.05) is 68.4 Å². The van der Waals surface area contributed by atoms with Crippen LogP contribution in [0.1, 0.15) is 54.8 Å². The predicted molar refractivity (Wildman–Crippen MR) is 89.6 cm³/mol. The first-order chi connectivity index (χ1) is 10.2. The van der Waals surface area contributed by atoms with Crippen LogP contribution >= 0.6 is 0 Å². The van der Waals surface area contributed by atoms with Gasteiger partial charge in [0.15, 0.2) is 0 Å². The largest absolute Gasteiger partial charge is 0.313 e. The van der Waals surface area contributed by atoms with E-state index in [9.17, 15) is 0 Å². The van der Waals surface area contributed by atoms with E-state index >= 15 is 0 Å². The van der Waals surface area contributed by atoms with Crippen molar-refractivity contribution in [3.63, 3.8) is 0 Å². The molecular weight excluding hydrogens is 254 g/mol. The molecule has 2 aromatic rings. The molecule has 3 atom stereocenters. The van der Waals surface area contributed by atoms with Crippen molar-refractivity contribution in [2.24, 2.45) is 5.92 Å². The average Bonchev–Trinajstić information content (AvgIpc) is 3.30. The molecule has 0 spiro atoms. The summed E-state index contributed by atoms with van der Waals surface area (Å²) in [6, 6.07) is 20.6. The van der Waals surface area contributed by atoms with Crippen molar-refractivity contribution in [3.05, 3.63) is 71.3 Å². The minimum atomic E-state index is 0.469. The monoisotopic (exact) mass is 279 g/mol. The van der Waals surface area contributed by atoms with Crippen molar-refractivity contribution < 1.29 is 0 Å². The zero-order valence-corrected chi connectivity index (χ0v) is 13.2. The van der Waals surface area contributed by atoms with Crippen LogP contribution in [0.3, 0.4) is 0 Å². The number of rotatable bonds is 5. The Morgan fingerprint density at radius 3 is 2.10 bits per heavy atom. The van der Waals surface area contributed by atoms with Gasteiger partial charge in [0.1, 0.15) is 0 Å². The maximum atomic E-state index is 3.53. The Bertz CT molecular complexity index is 571. The number of nitrogens with one attached hydrogen (secondary N) is 1. The fraction of sp³-hybridized carbons (Fsp3) is 0.400. The molecule has 0 heterocycles. The second-order valence-corrected chi connectivity index (χ2v) is 6.50. The Kier molecular flexibility index (Phi) is 4.12. The third kappa shape index (κ3) is 3.03. The summed E-state index contributed by atoms with van der Waals surface area (Å²) in [5.41, 5.74) is 4.33. The standard InChI is InChI=1S/C20H25N/c1-14(2)15-9-11-17(12-10-15)20(21-3)19-13-18(19)16-7-5-4-6-8-16/h4-12,14,18-21H,13H2,1-3H3. The lowest BCUT2D eigenvalue weighted by Gasteiger charge is -2.18. The Hall–Kier alpha value is -1.60. The first-order valence-corrected chi connectivity index (χ1v) is 8.02. The number of benzene rings is 2. The third-order valence-corrected chi connectivity index (χ3v) is 4.77. The maximum absolute atomic E-state index is 3.53. The average molecular weight is 279 g/mol. The third-order valence-electron chi connectivity index (χ3n) is 4.77.